The van der Waals surface area contributed by atoms with Crippen molar-refractivity contribution in [3.8, 4) is 5.75 Å². The van der Waals surface area contributed by atoms with Crippen LogP contribution < -0.4 is 10.5 Å². The van der Waals surface area contributed by atoms with E-state index in [1.807, 2.05) is 13.0 Å². The summed E-state index contributed by atoms with van der Waals surface area (Å²) in [6.07, 6.45) is 6.99. The van der Waals surface area contributed by atoms with Crippen LogP contribution in [0.5, 0.6) is 5.75 Å². The Labute approximate surface area is 112 Å². The number of hydrogen-bond donors (Lipinski definition) is 1. The van der Waals surface area contributed by atoms with Crippen molar-refractivity contribution in [2.75, 3.05) is 6.61 Å². The second-order valence-corrected chi connectivity index (χ2v) is 5.03. The third-order valence-corrected chi connectivity index (χ3v) is 3.10. The van der Waals surface area contributed by atoms with E-state index < -0.39 is 0 Å². The van der Waals surface area contributed by atoms with Gasteiger partial charge in [0.1, 0.15) is 5.75 Å². The first-order valence-corrected chi connectivity index (χ1v) is 7.20. The molecule has 0 amide bonds. The van der Waals surface area contributed by atoms with Crippen molar-refractivity contribution in [2.45, 2.75) is 58.4 Å². The van der Waals surface area contributed by atoms with Crippen LogP contribution in [0.4, 0.5) is 0 Å². The van der Waals surface area contributed by atoms with Crippen LogP contribution in [0.3, 0.4) is 0 Å². The maximum atomic E-state index is 5.88. The third kappa shape index (κ3) is 6.06. The zero-order valence-electron chi connectivity index (χ0n) is 11.8. The highest BCUT2D eigenvalue weighted by atomic mass is 16.5. The van der Waals surface area contributed by atoms with Gasteiger partial charge in [-0.2, -0.15) is 0 Å². The number of benzene rings is 1. The number of aryl methyl sites for hydroxylation is 1. The Balaban J connectivity index is 2.38. The normalized spacial score (nSPS) is 12.4. The van der Waals surface area contributed by atoms with Crippen molar-refractivity contribution in [1.29, 1.82) is 0 Å². The molecule has 1 aromatic rings. The molecule has 0 saturated carbocycles. The number of hydrogen-bond acceptors (Lipinski definition) is 2. The van der Waals surface area contributed by atoms with Gasteiger partial charge in [-0.25, -0.2) is 0 Å². The molecule has 1 atom stereocenters. The Morgan fingerprint density at radius 2 is 1.94 bits per heavy atom. The number of rotatable bonds is 9. The number of ether oxygens (including phenoxy) is 1. The summed E-state index contributed by atoms with van der Waals surface area (Å²) in [6.45, 7) is 5.10. The Hall–Kier alpha value is -1.02. The second-order valence-electron chi connectivity index (χ2n) is 5.03. The largest absolute Gasteiger partial charge is 0.493 e. The molecule has 0 spiro atoms. The average Bonchev–Trinajstić information content (AvgIpc) is 2.37. The molecule has 2 nitrogen and oxygen atoms in total. The van der Waals surface area contributed by atoms with Gasteiger partial charge in [-0.05, 0) is 37.8 Å². The molecule has 1 aromatic carbocycles. The molecule has 18 heavy (non-hydrogen) atoms. The SMILES string of the molecule is CCCCCCOc1ccccc1CCC(C)N. The van der Waals surface area contributed by atoms with Crippen molar-refractivity contribution >= 4 is 0 Å². The molecule has 102 valence electrons. The maximum absolute atomic E-state index is 5.88. The summed E-state index contributed by atoms with van der Waals surface area (Å²) < 4.78 is 5.88. The number of unbranched alkanes of at least 4 members (excludes halogenated alkanes) is 3. The van der Waals surface area contributed by atoms with Crippen LogP contribution in [-0.4, -0.2) is 12.6 Å². The minimum absolute atomic E-state index is 0.252. The summed E-state index contributed by atoms with van der Waals surface area (Å²) in [4.78, 5) is 0. The fourth-order valence-electron chi connectivity index (χ4n) is 1.95. The molecule has 2 heteroatoms. The minimum Gasteiger partial charge on any atom is -0.493 e. The molecule has 0 radical (unpaired) electrons. The molecule has 0 aliphatic rings. The van der Waals surface area contributed by atoms with Crippen molar-refractivity contribution in [1.82, 2.24) is 0 Å². The Morgan fingerprint density at radius 3 is 2.67 bits per heavy atom. The van der Waals surface area contributed by atoms with Gasteiger partial charge in [0, 0.05) is 6.04 Å². The van der Waals surface area contributed by atoms with E-state index in [1.54, 1.807) is 0 Å². The van der Waals surface area contributed by atoms with E-state index in [-0.39, 0.29) is 6.04 Å². The first-order valence-electron chi connectivity index (χ1n) is 7.20. The lowest BCUT2D eigenvalue weighted by Gasteiger charge is -2.12. The second kappa shape index (κ2) is 8.98. The van der Waals surface area contributed by atoms with Gasteiger partial charge < -0.3 is 10.5 Å². The molecule has 2 N–H and O–H groups in total. The van der Waals surface area contributed by atoms with Gasteiger partial charge in [-0.3, -0.25) is 0 Å². The monoisotopic (exact) mass is 249 g/mol. The molecule has 0 aromatic heterocycles. The minimum atomic E-state index is 0.252. The number of nitrogens with two attached hydrogens (primary N) is 1. The Morgan fingerprint density at radius 1 is 1.17 bits per heavy atom. The van der Waals surface area contributed by atoms with E-state index in [4.69, 9.17) is 10.5 Å². The Kier molecular flexibility index (Phi) is 7.51. The van der Waals surface area contributed by atoms with E-state index in [2.05, 4.69) is 25.1 Å². The molecule has 0 bridgehead atoms. The molecule has 0 aliphatic heterocycles. The molecule has 0 aliphatic carbocycles. The van der Waals surface area contributed by atoms with Crippen molar-refractivity contribution in [3.05, 3.63) is 29.8 Å². The van der Waals surface area contributed by atoms with Crippen molar-refractivity contribution in [2.24, 2.45) is 5.73 Å². The van der Waals surface area contributed by atoms with E-state index >= 15 is 0 Å². The highest BCUT2D eigenvalue weighted by Crippen LogP contribution is 2.20. The number of para-hydroxylation sites is 1. The first-order chi connectivity index (χ1) is 8.74. The molecular weight excluding hydrogens is 222 g/mol. The van der Waals surface area contributed by atoms with Crippen molar-refractivity contribution < 1.29 is 4.74 Å². The molecule has 0 saturated heterocycles. The summed E-state index contributed by atoms with van der Waals surface area (Å²) in [6, 6.07) is 8.57. The molecule has 1 rings (SSSR count). The van der Waals surface area contributed by atoms with Crippen LogP contribution in [-0.2, 0) is 6.42 Å². The van der Waals surface area contributed by atoms with Gasteiger partial charge in [0.25, 0.3) is 0 Å². The van der Waals surface area contributed by atoms with Gasteiger partial charge in [0.05, 0.1) is 6.61 Å². The van der Waals surface area contributed by atoms with E-state index in [1.165, 1.54) is 24.8 Å². The van der Waals surface area contributed by atoms with Crippen molar-refractivity contribution in [3.63, 3.8) is 0 Å². The molecule has 1 unspecified atom stereocenters. The van der Waals surface area contributed by atoms with E-state index in [0.717, 1.165) is 31.6 Å². The van der Waals surface area contributed by atoms with E-state index in [9.17, 15) is 0 Å². The van der Waals surface area contributed by atoms with Gasteiger partial charge in [0.2, 0.25) is 0 Å². The zero-order valence-corrected chi connectivity index (χ0v) is 11.8. The lowest BCUT2D eigenvalue weighted by atomic mass is 10.1. The Bertz CT molecular complexity index is 323. The topological polar surface area (TPSA) is 35.2 Å². The quantitative estimate of drug-likeness (QED) is 0.673. The molecular formula is C16H27NO. The van der Waals surface area contributed by atoms with Crippen LogP contribution in [0.1, 0.15) is 51.5 Å². The van der Waals surface area contributed by atoms with Crippen LogP contribution in [0, 0.1) is 0 Å². The lowest BCUT2D eigenvalue weighted by molar-refractivity contribution is 0.301. The van der Waals surface area contributed by atoms with E-state index in [0.29, 0.717) is 0 Å². The average molecular weight is 249 g/mol. The van der Waals surface area contributed by atoms with Gasteiger partial charge in [-0.15, -0.1) is 0 Å². The summed E-state index contributed by atoms with van der Waals surface area (Å²) in [7, 11) is 0. The van der Waals surface area contributed by atoms with Crippen LogP contribution in [0.2, 0.25) is 0 Å². The van der Waals surface area contributed by atoms with Gasteiger partial charge in [0.15, 0.2) is 0 Å². The van der Waals surface area contributed by atoms with Crippen LogP contribution >= 0.6 is 0 Å². The summed E-state index contributed by atoms with van der Waals surface area (Å²) in [5.41, 5.74) is 7.09. The summed E-state index contributed by atoms with van der Waals surface area (Å²) >= 11 is 0. The zero-order chi connectivity index (χ0) is 13.2. The first kappa shape index (κ1) is 15.0. The van der Waals surface area contributed by atoms with Gasteiger partial charge in [-0.1, -0.05) is 44.4 Å². The third-order valence-electron chi connectivity index (χ3n) is 3.10. The standard InChI is InChI=1S/C16H27NO/c1-3-4-5-8-13-18-16-10-7-6-9-15(16)12-11-14(2)17/h6-7,9-10,14H,3-5,8,11-13,17H2,1-2H3. The predicted molar refractivity (Wildman–Crippen MR) is 78.0 cm³/mol. The molecule has 0 fully saturated rings. The predicted octanol–water partition coefficient (Wildman–Crippen LogP) is 3.93. The molecule has 0 heterocycles. The summed E-state index contributed by atoms with van der Waals surface area (Å²) in [5, 5.41) is 0. The highest BCUT2D eigenvalue weighted by Gasteiger charge is 2.04. The maximum Gasteiger partial charge on any atom is 0.122 e. The van der Waals surface area contributed by atoms with Gasteiger partial charge >= 0.3 is 0 Å². The summed E-state index contributed by atoms with van der Waals surface area (Å²) in [5.74, 6) is 1.04. The lowest BCUT2D eigenvalue weighted by Crippen LogP contribution is -2.15. The fraction of sp³-hybridized carbons (Fsp3) is 0.625. The highest BCUT2D eigenvalue weighted by molar-refractivity contribution is 5.33. The van der Waals surface area contributed by atoms with Crippen LogP contribution in [0.15, 0.2) is 24.3 Å². The fourth-order valence-corrected chi connectivity index (χ4v) is 1.95. The smallest absolute Gasteiger partial charge is 0.122 e. The van der Waals surface area contributed by atoms with Crippen LogP contribution in [0.25, 0.3) is 0 Å².